The molecule has 3 aromatic rings. The second kappa shape index (κ2) is 6.55. The lowest BCUT2D eigenvalue weighted by molar-refractivity contribution is 0.544. The van der Waals surface area contributed by atoms with Gasteiger partial charge < -0.3 is 5.32 Å². The number of imidazole rings is 1. The van der Waals surface area contributed by atoms with E-state index in [2.05, 4.69) is 45.1 Å². The van der Waals surface area contributed by atoms with Crippen molar-refractivity contribution in [3.8, 4) is 0 Å². The Hall–Kier alpha value is -1.44. The predicted octanol–water partition coefficient (Wildman–Crippen LogP) is 3.08. The summed E-state index contributed by atoms with van der Waals surface area (Å²) in [6, 6.07) is 1.82. The second-order valence-electron chi connectivity index (χ2n) is 5.08. The third-order valence-electron chi connectivity index (χ3n) is 2.90. The van der Waals surface area contributed by atoms with Crippen LogP contribution in [0.25, 0.3) is 4.96 Å². The summed E-state index contributed by atoms with van der Waals surface area (Å²) in [6.45, 7) is 6.20. The van der Waals surface area contributed by atoms with Gasteiger partial charge in [0.05, 0.1) is 5.69 Å². The zero-order valence-electron chi connectivity index (χ0n) is 12.0. The lowest BCUT2D eigenvalue weighted by atomic mass is 10.2. The van der Waals surface area contributed by atoms with Crippen molar-refractivity contribution in [2.75, 3.05) is 6.54 Å². The first-order valence-electron chi connectivity index (χ1n) is 6.84. The lowest BCUT2D eigenvalue weighted by Crippen LogP contribution is -2.20. The van der Waals surface area contributed by atoms with Crippen molar-refractivity contribution >= 4 is 28.1 Å². The van der Waals surface area contributed by atoms with Gasteiger partial charge in [-0.1, -0.05) is 13.8 Å². The smallest absolute Gasteiger partial charge is 0.194 e. The van der Waals surface area contributed by atoms with Gasteiger partial charge in [0, 0.05) is 30.5 Å². The first kappa shape index (κ1) is 14.5. The standard InChI is InChI=1S/C14H17N5S2/c1-10(2)8-15-9-11-12(18-14-19(11)6-7-20-14)21-13-16-4-3-5-17-13/h3-7,10,15H,8-9H2,1-2H3. The minimum Gasteiger partial charge on any atom is -0.311 e. The fourth-order valence-corrected chi connectivity index (χ4v) is 3.57. The van der Waals surface area contributed by atoms with Crippen molar-refractivity contribution in [3.05, 3.63) is 35.7 Å². The molecule has 0 aromatic carbocycles. The Bertz CT molecular complexity index is 705. The van der Waals surface area contributed by atoms with Gasteiger partial charge in [-0.15, -0.1) is 11.3 Å². The average Bonchev–Trinajstić information content (AvgIpc) is 3.02. The molecule has 3 aromatic heterocycles. The van der Waals surface area contributed by atoms with Gasteiger partial charge >= 0.3 is 0 Å². The first-order valence-corrected chi connectivity index (χ1v) is 8.53. The molecular weight excluding hydrogens is 302 g/mol. The van der Waals surface area contributed by atoms with Crippen LogP contribution in [0, 0.1) is 5.92 Å². The van der Waals surface area contributed by atoms with Crippen molar-refractivity contribution < 1.29 is 0 Å². The van der Waals surface area contributed by atoms with Gasteiger partial charge in [-0.2, -0.15) is 0 Å². The number of hydrogen-bond donors (Lipinski definition) is 1. The summed E-state index contributed by atoms with van der Waals surface area (Å²) >= 11 is 3.16. The molecule has 0 saturated heterocycles. The number of rotatable bonds is 6. The number of hydrogen-bond acceptors (Lipinski definition) is 6. The van der Waals surface area contributed by atoms with E-state index in [0.717, 1.165) is 28.2 Å². The molecule has 0 radical (unpaired) electrons. The van der Waals surface area contributed by atoms with E-state index < -0.39 is 0 Å². The minimum atomic E-state index is 0.629. The Morgan fingerprint density at radius 3 is 2.90 bits per heavy atom. The molecule has 3 rings (SSSR count). The number of nitrogens with zero attached hydrogens (tertiary/aromatic N) is 4. The highest BCUT2D eigenvalue weighted by Crippen LogP contribution is 2.29. The van der Waals surface area contributed by atoms with Crippen molar-refractivity contribution in [1.82, 2.24) is 24.7 Å². The van der Waals surface area contributed by atoms with Crippen LogP contribution in [0.4, 0.5) is 0 Å². The summed E-state index contributed by atoms with van der Waals surface area (Å²) < 4.78 is 2.14. The molecule has 3 heterocycles. The maximum Gasteiger partial charge on any atom is 0.194 e. The lowest BCUT2D eigenvalue weighted by Gasteiger charge is -2.08. The molecule has 0 bridgehead atoms. The molecule has 5 nitrogen and oxygen atoms in total. The summed E-state index contributed by atoms with van der Waals surface area (Å²) in [4.78, 5) is 14.2. The van der Waals surface area contributed by atoms with Crippen molar-refractivity contribution in [2.24, 2.45) is 5.92 Å². The van der Waals surface area contributed by atoms with Crippen LogP contribution in [0.2, 0.25) is 0 Å². The van der Waals surface area contributed by atoms with Crippen LogP contribution in [0.3, 0.4) is 0 Å². The molecule has 21 heavy (non-hydrogen) atoms. The van der Waals surface area contributed by atoms with Crippen LogP contribution >= 0.6 is 23.1 Å². The molecule has 0 unspecified atom stereocenters. The maximum atomic E-state index is 4.69. The molecule has 0 aliphatic carbocycles. The van der Waals surface area contributed by atoms with E-state index in [1.165, 1.54) is 17.5 Å². The van der Waals surface area contributed by atoms with Gasteiger partial charge in [0.25, 0.3) is 0 Å². The Morgan fingerprint density at radius 1 is 1.33 bits per heavy atom. The van der Waals surface area contributed by atoms with E-state index in [0.29, 0.717) is 5.92 Å². The Labute approximate surface area is 131 Å². The second-order valence-corrected chi connectivity index (χ2v) is 6.91. The molecule has 7 heteroatoms. The van der Waals surface area contributed by atoms with Crippen LogP contribution in [0.15, 0.2) is 40.2 Å². The average molecular weight is 319 g/mol. The van der Waals surface area contributed by atoms with Crippen molar-refractivity contribution in [2.45, 2.75) is 30.6 Å². The van der Waals surface area contributed by atoms with E-state index in [1.54, 1.807) is 23.7 Å². The molecule has 0 spiro atoms. The summed E-state index contributed by atoms with van der Waals surface area (Å²) in [5.74, 6) is 0.629. The number of nitrogens with one attached hydrogen (secondary N) is 1. The van der Waals surface area contributed by atoms with Gasteiger partial charge in [0.1, 0.15) is 5.03 Å². The van der Waals surface area contributed by atoms with Crippen LogP contribution in [0.5, 0.6) is 0 Å². The van der Waals surface area contributed by atoms with E-state index in [9.17, 15) is 0 Å². The third-order valence-corrected chi connectivity index (χ3v) is 4.57. The van der Waals surface area contributed by atoms with E-state index in [-0.39, 0.29) is 0 Å². The van der Waals surface area contributed by atoms with E-state index in [4.69, 9.17) is 4.98 Å². The molecule has 0 fully saturated rings. The summed E-state index contributed by atoms with van der Waals surface area (Å²) in [5, 5.41) is 7.25. The SMILES string of the molecule is CC(C)CNCc1c(Sc2ncccn2)nc2sccn12. The van der Waals surface area contributed by atoms with Crippen LogP contribution in [-0.4, -0.2) is 25.9 Å². The number of thiazole rings is 1. The number of aromatic nitrogens is 4. The number of fused-ring (bicyclic) bond motifs is 1. The van der Waals surface area contributed by atoms with Gasteiger partial charge in [0.15, 0.2) is 10.1 Å². The first-order chi connectivity index (χ1) is 10.2. The van der Waals surface area contributed by atoms with Crippen molar-refractivity contribution in [3.63, 3.8) is 0 Å². The van der Waals surface area contributed by atoms with Crippen LogP contribution < -0.4 is 5.32 Å². The van der Waals surface area contributed by atoms with Gasteiger partial charge in [-0.3, -0.25) is 4.40 Å². The van der Waals surface area contributed by atoms with Crippen LogP contribution in [0.1, 0.15) is 19.5 Å². The summed E-state index contributed by atoms with van der Waals surface area (Å²) in [7, 11) is 0. The fourth-order valence-electron chi connectivity index (χ4n) is 1.96. The quantitative estimate of drug-likeness (QED) is 0.708. The van der Waals surface area contributed by atoms with Crippen molar-refractivity contribution in [1.29, 1.82) is 0 Å². The summed E-state index contributed by atoms with van der Waals surface area (Å²) in [6.07, 6.45) is 5.57. The summed E-state index contributed by atoms with van der Waals surface area (Å²) in [5.41, 5.74) is 1.17. The highest BCUT2D eigenvalue weighted by atomic mass is 32.2. The van der Waals surface area contributed by atoms with Gasteiger partial charge in [-0.05, 0) is 30.3 Å². The zero-order valence-corrected chi connectivity index (χ0v) is 13.6. The Kier molecular flexibility index (Phi) is 4.52. The minimum absolute atomic E-state index is 0.629. The maximum absolute atomic E-state index is 4.69. The molecule has 0 aliphatic rings. The molecular formula is C14H17N5S2. The predicted molar refractivity (Wildman–Crippen MR) is 85.8 cm³/mol. The molecule has 0 atom stereocenters. The highest BCUT2D eigenvalue weighted by molar-refractivity contribution is 7.99. The normalized spacial score (nSPS) is 11.6. The highest BCUT2D eigenvalue weighted by Gasteiger charge is 2.15. The fraction of sp³-hybridized carbons (Fsp3) is 0.357. The zero-order chi connectivity index (χ0) is 14.7. The van der Waals surface area contributed by atoms with E-state index >= 15 is 0 Å². The van der Waals surface area contributed by atoms with E-state index in [1.807, 2.05) is 6.07 Å². The largest absolute Gasteiger partial charge is 0.311 e. The molecule has 0 amide bonds. The Morgan fingerprint density at radius 2 is 2.14 bits per heavy atom. The Balaban J connectivity index is 1.85. The van der Waals surface area contributed by atoms with Gasteiger partial charge in [-0.25, -0.2) is 15.0 Å². The molecule has 0 saturated carbocycles. The van der Waals surface area contributed by atoms with Crippen LogP contribution in [-0.2, 0) is 6.54 Å². The molecule has 0 aliphatic heterocycles. The van der Waals surface area contributed by atoms with Gasteiger partial charge in [0.2, 0.25) is 0 Å². The molecule has 110 valence electrons. The third kappa shape index (κ3) is 3.42. The molecule has 1 N–H and O–H groups in total. The monoisotopic (exact) mass is 319 g/mol. The topological polar surface area (TPSA) is 55.1 Å².